The van der Waals surface area contributed by atoms with E-state index in [1.165, 1.54) is 12.8 Å². The van der Waals surface area contributed by atoms with Gasteiger partial charge in [-0.3, -0.25) is 14.4 Å². The molecule has 31 heavy (non-hydrogen) atoms. The molecule has 1 saturated carbocycles. The summed E-state index contributed by atoms with van der Waals surface area (Å²) in [5.74, 6) is 1.86. The van der Waals surface area contributed by atoms with Crippen LogP contribution in [0.15, 0.2) is 28.1 Å². The number of hydrogen-bond donors (Lipinski definition) is 1. The average molecular weight is 423 g/mol. The van der Waals surface area contributed by atoms with Crippen LogP contribution in [0.5, 0.6) is 5.88 Å². The molecule has 3 aliphatic rings. The van der Waals surface area contributed by atoms with E-state index in [1.807, 2.05) is 6.07 Å². The maximum atomic E-state index is 13.3. The number of nitrogens with zero attached hydrogens (tertiary/aromatic N) is 5. The van der Waals surface area contributed by atoms with E-state index in [2.05, 4.69) is 21.8 Å². The molecule has 2 N–H and O–H groups in total. The van der Waals surface area contributed by atoms with Crippen molar-refractivity contribution in [1.29, 1.82) is 0 Å². The predicted molar refractivity (Wildman–Crippen MR) is 120 cm³/mol. The highest BCUT2D eigenvalue weighted by Gasteiger charge is 2.46. The van der Waals surface area contributed by atoms with Gasteiger partial charge in [-0.1, -0.05) is 6.92 Å². The number of anilines is 1. The third-order valence-corrected chi connectivity index (χ3v) is 7.64. The number of pyridine rings is 1. The van der Waals surface area contributed by atoms with Crippen LogP contribution in [-0.2, 0) is 13.6 Å². The molecule has 2 aromatic heterocycles. The van der Waals surface area contributed by atoms with E-state index in [0.29, 0.717) is 29.6 Å². The van der Waals surface area contributed by atoms with E-state index in [1.54, 1.807) is 31.0 Å². The number of fused-ring (bicyclic) bond motifs is 1. The Morgan fingerprint density at radius 2 is 2.00 bits per heavy atom. The minimum absolute atomic E-state index is 0.0569. The van der Waals surface area contributed by atoms with Gasteiger partial charge >= 0.3 is 0 Å². The van der Waals surface area contributed by atoms with Gasteiger partial charge in [0.25, 0.3) is 5.56 Å². The van der Waals surface area contributed by atoms with Crippen LogP contribution in [0.1, 0.15) is 49.4 Å². The smallest absolute Gasteiger partial charge is 0.264 e. The van der Waals surface area contributed by atoms with Crippen LogP contribution in [0, 0.1) is 11.3 Å². The third kappa shape index (κ3) is 3.15. The largest absolute Gasteiger partial charge is 0.481 e. The zero-order valence-corrected chi connectivity index (χ0v) is 18.5. The maximum absolute atomic E-state index is 13.3. The molecule has 1 saturated heterocycles. The highest BCUT2D eigenvalue weighted by Crippen LogP contribution is 2.48. The van der Waals surface area contributed by atoms with Crippen molar-refractivity contribution in [2.24, 2.45) is 29.1 Å². The lowest BCUT2D eigenvalue weighted by atomic mass is 9.73. The van der Waals surface area contributed by atoms with Crippen molar-refractivity contribution >= 4 is 11.7 Å². The first-order valence-corrected chi connectivity index (χ1v) is 11.1. The van der Waals surface area contributed by atoms with Gasteiger partial charge in [-0.15, -0.1) is 0 Å². The van der Waals surface area contributed by atoms with Gasteiger partial charge in [-0.05, 0) is 43.1 Å². The molecule has 4 heterocycles. The number of piperidine rings is 1. The lowest BCUT2D eigenvalue weighted by molar-refractivity contribution is 0.185. The quantitative estimate of drug-likeness (QED) is 0.811. The summed E-state index contributed by atoms with van der Waals surface area (Å²) in [6, 6.07) is 3.93. The normalized spacial score (nSPS) is 24.4. The second-order valence-corrected chi connectivity index (χ2v) is 9.24. The third-order valence-electron chi connectivity index (χ3n) is 7.64. The summed E-state index contributed by atoms with van der Waals surface area (Å²) in [6.45, 7) is 4.46. The van der Waals surface area contributed by atoms with E-state index in [9.17, 15) is 4.79 Å². The minimum atomic E-state index is -0.0569. The predicted octanol–water partition coefficient (Wildman–Crippen LogP) is 1.88. The summed E-state index contributed by atoms with van der Waals surface area (Å²) in [4.78, 5) is 29.3. The van der Waals surface area contributed by atoms with Crippen molar-refractivity contribution in [3.05, 3.63) is 45.5 Å². The molecule has 8 nitrogen and oxygen atoms in total. The summed E-state index contributed by atoms with van der Waals surface area (Å²) in [7, 11) is 3.38. The van der Waals surface area contributed by atoms with Crippen molar-refractivity contribution < 1.29 is 4.74 Å². The zero-order chi connectivity index (χ0) is 21.8. The number of ether oxygens (including phenoxy) is 1. The van der Waals surface area contributed by atoms with E-state index in [4.69, 9.17) is 15.5 Å². The van der Waals surface area contributed by atoms with Crippen LogP contribution in [0.2, 0.25) is 0 Å². The van der Waals surface area contributed by atoms with Gasteiger partial charge in [0.1, 0.15) is 0 Å². The fourth-order valence-electron chi connectivity index (χ4n) is 5.58. The molecule has 8 heteroatoms. The van der Waals surface area contributed by atoms with Gasteiger partial charge in [0.05, 0.1) is 30.6 Å². The Morgan fingerprint density at radius 3 is 2.61 bits per heavy atom. The molecule has 2 fully saturated rings. The molecule has 2 atom stereocenters. The number of methoxy groups -OCH3 is 1. The van der Waals surface area contributed by atoms with Crippen LogP contribution in [0.25, 0.3) is 0 Å². The highest BCUT2D eigenvalue weighted by molar-refractivity contribution is 6.14. The Kier molecular flexibility index (Phi) is 4.84. The number of hydrogen-bond acceptors (Lipinski definition) is 7. The molecule has 1 aliphatic carbocycles. The lowest BCUT2D eigenvalue weighted by Crippen LogP contribution is -2.49. The van der Waals surface area contributed by atoms with E-state index in [-0.39, 0.29) is 17.0 Å². The summed E-state index contributed by atoms with van der Waals surface area (Å²) in [5, 5.41) is 0. The first-order chi connectivity index (χ1) is 14.9. The Bertz CT molecular complexity index is 1080. The number of aromatic nitrogens is 3. The Morgan fingerprint density at radius 1 is 1.23 bits per heavy atom. The van der Waals surface area contributed by atoms with Crippen LogP contribution >= 0.6 is 0 Å². The topological polar surface area (TPSA) is 98.6 Å². The van der Waals surface area contributed by atoms with Crippen LogP contribution in [0.4, 0.5) is 5.95 Å². The average Bonchev–Trinajstić information content (AvgIpc) is 3.34. The zero-order valence-electron chi connectivity index (χ0n) is 18.5. The van der Waals surface area contributed by atoms with Crippen molar-refractivity contribution in [2.45, 2.75) is 45.2 Å². The second kappa shape index (κ2) is 7.44. The molecule has 2 aliphatic heterocycles. The summed E-state index contributed by atoms with van der Waals surface area (Å²) in [6.07, 6.45) is 6.25. The molecular formula is C23H30N6O2. The van der Waals surface area contributed by atoms with Crippen molar-refractivity contribution in [3.63, 3.8) is 0 Å². The minimum Gasteiger partial charge on any atom is -0.481 e. The summed E-state index contributed by atoms with van der Waals surface area (Å²) >= 11 is 0. The molecule has 0 bridgehead atoms. The lowest BCUT2D eigenvalue weighted by Gasteiger charge is -2.43. The highest BCUT2D eigenvalue weighted by atomic mass is 16.5. The Hall–Kier alpha value is -2.74. The van der Waals surface area contributed by atoms with Crippen LogP contribution in [-0.4, -0.2) is 46.5 Å². The molecule has 1 spiro atoms. The van der Waals surface area contributed by atoms with E-state index >= 15 is 0 Å². The fourth-order valence-corrected chi connectivity index (χ4v) is 5.58. The van der Waals surface area contributed by atoms with Gasteiger partial charge < -0.3 is 15.4 Å². The van der Waals surface area contributed by atoms with Gasteiger partial charge in [0.15, 0.2) is 0 Å². The van der Waals surface area contributed by atoms with Crippen molar-refractivity contribution in [1.82, 2.24) is 14.5 Å². The fraction of sp³-hybridized carbons (Fsp3) is 0.565. The molecule has 0 radical (unpaired) electrons. The van der Waals surface area contributed by atoms with Crippen LogP contribution in [0.3, 0.4) is 0 Å². The maximum Gasteiger partial charge on any atom is 0.264 e. The van der Waals surface area contributed by atoms with Crippen LogP contribution < -0.4 is 20.9 Å². The van der Waals surface area contributed by atoms with E-state index < -0.39 is 0 Å². The van der Waals surface area contributed by atoms with Gasteiger partial charge in [-0.2, -0.15) is 0 Å². The molecule has 164 valence electrons. The molecule has 5 rings (SSSR count). The number of rotatable bonds is 3. The Labute approximate surface area is 182 Å². The molecule has 0 aromatic carbocycles. The molecular weight excluding hydrogens is 392 g/mol. The first kappa shape index (κ1) is 20.2. The van der Waals surface area contributed by atoms with Gasteiger partial charge in [-0.25, -0.2) is 9.97 Å². The molecule has 0 amide bonds. The molecule has 0 unspecified atom stereocenters. The first-order valence-electron chi connectivity index (χ1n) is 11.1. The summed E-state index contributed by atoms with van der Waals surface area (Å²) in [5.41, 5.74) is 9.56. The summed E-state index contributed by atoms with van der Waals surface area (Å²) < 4.78 is 6.80. The van der Waals surface area contributed by atoms with Crippen molar-refractivity contribution in [2.75, 3.05) is 25.1 Å². The standard InChI is InChI=1S/C23H30N6O2/c1-14-6-7-23(20(14)24)8-10-29(11-9-23)22-27-16-13-26-19(18(16)21(30)28(22)2)15-4-5-17(31-3)25-12-15/h4-5,12,14,20H,6-11,13,24H2,1-3H3/t14-,20-/m1/s1. The van der Waals surface area contributed by atoms with Gasteiger partial charge in [0.2, 0.25) is 11.8 Å². The number of nitrogens with two attached hydrogens (primary N) is 1. The molecule has 2 aromatic rings. The Balaban J connectivity index is 1.41. The SMILES string of the molecule is COc1ccc(C2=NCc3nc(N4CCC5(CC[C@@H](C)[C@H]5N)CC4)n(C)c(=O)c32)cn1. The van der Waals surface area contributed by atoms with Crippen molar-refractivity contribution in [3.8, 4) is 5.88 Å². The second-order valence-electron chi connectivity index (χ2n) is 9.24. The van der Waals surface area contributed by atoms with Gasteiger partial charge in [0, 0.05) is 44.0 Å². The monoisotopic (exact) mass is 422 g/mol. The number of aliphatic imine (C=N–C) groups is 1. The van der Waals surface area contributed by atoms with E-state index in [0.717, 1.165) is 43.1 Å².